The fourth-order valence-electron chi connectivity index (χ4n) is 8.90. The second-order valence-electron chi connectivity index (χ2n) is 16.0. The molecule has 0 radical (unpaired) electrons. The van der Waals surface area contributed by atoms with Gasteiger partial charge in [0.2, 0.25) is 0 Å². The molecule has 0 spiro atoms. The van der Waals surface area contributed by atoms with Crippen LogP contribution in [0.5, 0.6) is 0 Å². The van der Waals surface area contributed by atoms with Gasteiger partial charge in [0.15, 0.2) is 0 Å². The van der Waals surface area contributed by atoms with E-state index in [1.807, 2.05) is 0 Å². The predicted octanol–water partition coefficient (Wildman–Crippen LogP) is 8.63. The van der Waals surface area contributed by atoms with Crippen LogP contribution in [0.25, 0.3) is 21.8 Å². The molecule has 0 saturated carbocycles. The standard InChI is InChI=1S/C46H56N6/c1-32-8-18-43-39(28-32)42-31-50(25-23-46(42)51(43)26-20-34-9-14-37(15-10-34)47(3)4)33(2)36-13-19-44-40(29-36)41-30-49(7)24-22-45(41)52(44)27-21-35-11-16-38(17-12-35)48(5)6/h8-19,28-29,33H,20-27,30-31H2,1-7H3. The molecule has 6 nitrogen and oxygen atoms in total. The van der Waals surface area contributed by atoms with E-state index in [1.165, 1.54) is 72.3 Å². The Labute approximate surface area is 310 Å². The Bertz CT molecular complexity index is 2200. The minimum atomic E-state index is 0.339. The predicted molar refractivity (Wildman–Crippen MR) is 220 cm³/mol. The van der Waals surface area contributed by atoms with Crippen molar-refractivity contribution < 1.29 is 0 Å². The van der Waals surface area contributed by atoms with E-state index in [-0.39, 0.29) is 0 Å². The molecule has 2 aromatic heterocycles. The number of aryl methyl sites for hydroxylation is 5. The molecule has 4 aromatic carbocycles. The van der Waals surface area contributed by atoms with Crippen molar-refractivity contribution in [3.63, 3.8) is 0 Å². The fraction of sp³-hybridized carbons (Fsp3) is 0.391. The van der Waals surface area contributed by atoms with Crippen LogP contribution in [0.4, 0.5) is 11.4 Å². The highest BCUT2D eigenvalue weighted by molar-refractivity contribution is 5.87. The Morgan fingerprint density at radius 2 is 1.13 bits per heavy atom. The van der Waals surface area contributed by atoms with Crippen LogP contribution >= 0.6 is 0 Å². The third kappa shape index (κ3) is 6.52. The molecule has 8 rings (SSSR count). The number of likely N-dealkylation sites (N-methyl/N-ethyl adjacent to an activating group) is 1. The van der Waals surface area contributed by atoms with Gasteiger partial charge in [-0.15, -0.1) is 0 Å². The highest BCUT2D eigenvalue weighted by atomic mass is 15.2. The van der Waals surface area contributed by atoms with Gasteiger partial charge in [-0.1, -0.05) is 42.0 Å². The number of anilines is 2. The Hall–Kier alpha value is -4.52. The molecule has 4 heterocycles. The highest BCUT2D eigenvalue weighted by Crippen LogP contribution is 2.38. The van der Waals surface area contributed by atoms with Crippen molar-refractivity contribution in [2.75, 3.05) is 58.1 Å². The summed E-state index contributed by atoms with van der Waals surface area (Å²) in [5.41, 5.74) is 17.0. The first-order valence-electron chi connectivity index (χ1n) is 19.3. The van der Waals surface area contributed by atoms with Crippen molar-refractivity contribution in [3.8, 4) is 0 Å². The van der Waals surface area contributed by atoms with E-state index in [4.69, 9.17) is 0 Å². The number of fused-ring (bicyclic) bond motifs is 6. The van der Waals surface area contributed by atoms with Crippen LogP contribution in [0.1, 0.15) is 57.7 Å². The summed E-state index contributed by atoms with van der Waals surface area (Å²) in [4.78, 5) is 9.56. The Balaban J connectivity index is 1.06. The lowest BCUT2D eigenvalue weighted by atomic mass is 9.97. The van der Waals surface area contributed by atoms with Crippen LogP contribution in [-0.2, 0) is 51.9 Å². The molecule has 270 valence electrons. The van der Waals surface area contributed by atoms with Gasteiger partial charge in [0, 0.05) is 131 Å². The molecule has 0 saturated heterocycles. The fourth-order valence-corrected chi connectivity index (χ4v) is 8.90. The maximum Gasteiger partial charge on any atom is 0.0486 e. The van der Waals surface area contributed by atoms with E-state index in [0.29, 0.717) is 6.04 Å². The number of hydrogen-bond donors (Lipinski definition) is 0. The van der Waals surface area contributed by atoms with E-state index in [9.17, 15) is 0 Å². The van der Waals surface area contributed by atoms with Crippen molar-refractivity contribution in [2.45, 2.75) is 71.8 Å². The SMILES string of the molecule is Cc1ccc2c(c1)c1c(n2CCc2ccc(N(C)C)cc2)CCN(C(C)c2ccc3c(c2)c2c(n3CCc3ccc(N(C)C)cc3)CCN(C)C2)C1. The molecular weight excluding hydrogens is 637 g/mol. The molecule has 0 amide bonds. The van der Waals surface area contributed by atoms with Gasteiger partial charge in [-0.2, -0.15) is 0 Å². The first-order chi connectivity index (χ1) is 25.1. The number of aromatic nitrogens is 2. The van der Waals surface area contributed by atoms with E-state index in [2.05, 4.69) is 163 Å². The van der Waals surface area contributed by atoms with Gasteiger partial charge in [0.05, 0.1) is 0 Å². The van der Waals surface area contributed by atoms with Gasteiger partial charge in [-0.05, 0) is 110 Å². The smallest absolute Gasteiger partial charge is 0.0486 e. The van der Waals surface area contributed by atoms with Gasteiger partial charge in [0.1, 0.15) is 0 Å². The van der Waals surface area contributed by atoms with Crippen molar-refractivity contribution in [1.29, 1.82) is 0 Å². The van der Waals surface area contributed by atoms with Crippen LogP contribution in [0.15, 0.2) is 84.9 Å². The van der Waals surface area contributed by atoms with E-state index in [0.717, 1.165) is 65.0 Å². The molecule has 52 heavy (non-hydrogen) atoms. The van der Waals surface area contributed by atoms with Gasteiger partial charge < -0.3 is 23.8 Å². The third-order valence-corrected chi connectivity index (χ3v) is 12.1. The number of rotatable bonds is 10. The van der Waals surface area contributed by atoms with E-state index < -0.39 is 0 Å². The molecule has 0 N–H and O–H groups in total. The average Bonchev–Trinajstić information content (AvgIpc) is 3.63. The molecule has 0 fully saturated rings. The Kier molecular flexibility index (Phi) is 9.39. The summed E-state index contributed by atoms with van der Waals surface area (Å²) < 4.78 is 5.28. The van der Waals surface area contributed by atoms with Crippen LogP contribution in [-0.4, -0.2) is 67.3 Å². The number of nitrogens with zero attached hydrogens (tertiary/aromatic N) is 6. The first kappa shape index (κ1) is 34.6. The molecule has 6 heteroatoms. The van der Waals surface area contributed by atoms with Crippen molar-refractivity contribution in [3.05, 3.63) is 130 Å². The lowest BCUT2D eigenvalue weighted by Gasteiger charge is -2.33. The van der Waals surface area contributed by atoms with Crippen LogP contribution in [0.2, 0.25) is 0 Å². The molecule has 1 unspecified atom stereocenters. The summed E-state index contributed by atoms with van der Waals surface area (Å²) in [6.45, 7) is 10.9. The summed E-state index contributed by atoms with van der Waals surface area (Å²) in [5, 5.41) is 2.90. The molecule has 2 aliphatic heterocycles. The summed E-state index contributed by atoms with van der Waals surface area (Å²) in [6.07, 6.45) is 4.29. The second kappa shape index (κ2) is 14.1. The first-order valence-corrected chi connectivity index (χ1v) is 19.3. The largest absolute Gasteiger partial charge is 0.378 e. The van der Waals surface area contributed by atoms with Gasteiger partial charge >= 0.3 is 0 Å². The van der Waals surface area contributed by atoms with Crippen LogP contribution in [0, 0.1) is 6.92 Å². The topological polar surface area (TPSA) is 22.8 Å². The normalized spacial score (nSPS) is 15.6. The summed E-state index contributed by atoms with van der Waals surface area (Å²) in [6, 6.07) is 33.0. The average molecular weight is 693 g/mol. The van der Waals surface area contributed by atoms with Crippen LogP contribution < -0.4 is 9.80 Å². The quantitative estimate of drug-likeness (QED) is 0.143. The number of hydrogen-bond acceptors (Lipinski definition) is 4. The Morgan fingerprint density at radius 1 is 0.615 bits per heavy atom. The van der Waals surface area contributed by atoms with Crippen LogP contribution in [0.3, 0.4) is 0 Å². The minimum Gasteiger partial charge on any atom is -0.378 e. The monoisotopic (exact) mass is 692 g/mol. The van der Waals surface area contributed by atoms with Gasteiger partial charge in [-0.3, -0.25) is 4.90 Å². The van der Waals surface area contributed by atoms with E-state index in [1.54, 1.807) is 5.69 Å². The van der Waals surface area contributed by atoms with Crippen molar-refractivity contribution in [2.24, 2.45) is 0 Å². The van der Waals surface area contributed by atoms with Crippen molar-refractivity contribution in [1.82, 2.24) is 18.9 Å². The third-order valence-electron chi connectivity index (χ3n) is 12.1. The summed E-state index contributed by atoms with van der Waals surface area (Å²) >= 11 is 0. The zero-order valence-corrected chi connectivity index (χ0v) is 32.4. The van der Waals surface area contributed by atoms with Gasteiger partial charge in [-0.25, -0.2) is 0 Å². The van der Waals surface area contributed by atoms with Crippen molar-refractivity contribution >= 4 is 33.2 Å². The zero-order valence-electron chi connectivity index (χ0n) is 32.4. The molecule has 2 aliphatic rings. The van der Waals surface area contributed by atoms with E-state index >= 15 is 0 Å². The highest BCUT2D eigenvalue weighted by Gasteiger charge is 2.29. The summed E-state index contributed by atoms with van der Waals surface area (Å²) in [7, 11) is 10.7. The molecular formula is C46H56N6. The molecule has 6 aromatic rings. The Morgan fingerprint density at radius 3 is 1.71 bits per heavy atom. The van der Waals surface area contributed by atoms with Gasteiger partial charge in [0.25, 0.3) is 0 Å². The molecule has 1 atom stereocenters. The maximum atomic E-state index is 2.72. The number of benzene rings is 4. The second-order valence-corrected chi connectivity index (χ2v) is 16.0. The lowest BCUT2D eigenvalue weighted by molar-refractivity contribution is 0.191. The lowest BCUT2D eigenvalue weighted by Crippen LogP contribution is -2.33. The molecule has 0 bridgehead atoms. The molecule has 0 aliphatic carbocycles. The maximum absolute atomic E-state index is 2.72. The minimum absolute atomic E-state index is 0.339. The zero-order chi connectivity index (χ0) is 36.1. The summed E-state index contributed by atoms with van der Waals surface area (Å²) in [5.74, 6) is 0.